The van der Waals surface area contributed by atoms with E-state index in [1.807, 2.05) is 18.2 Å². The van der Waals surface area contributed by atoms with Crippen molar-refractivity contribution in [2.45, 2.75) is 25.9 Å². The molecule has 0 saturated carbocycles. The van der Waals surface area contributed by atoms with Crippen LogP contribution in [0.4, 0.5) is 0 Å². The molecule has 2 heterocycles. The van der Waals surface area contributed by atoms with Crippen LogP contribution in [0.3, 0.4) is 0 Å². The number of piperidine rings is 1. The molecule has 1 fully saturated rings. The second kappa shape index (κ2) is 6.67. The van der Waals surface area contributed by atoms with Crippen LogP contribution in [0.15, 0.2) is 18.2 Å². The van der Waals surface area contributed by atoms with Gasteiger partial charge < -0.3 is 14.8 Å². The third-order valence-corrected chi connectivity index (χ3v) is 5.81. The summed E-state index contributed by atoms with van der Waals surface area (Å²) in [6.07, 6.45) is 2.10. The lowest BCUT2D eigenvalue weighted by molar-refractivity contribution is 0.168. The Morgan fingerprint density at radius 1 is 1.30 bits per heavy atom. The van der Waals surface area contributed by atoms with Gasteiger partial charge in [-0.15, -0.1) is 0 Å². The zero-order chi connectivity index (χ0) is 16.4. The molecule has 1 N–H and O–H groups in total. The van der Waals surface area contributed by atoms with E-state index in [4.69, 9.17) is 9.47 Å². The summed E-state index contributed by atoms with van der Waals surface area (Å²) in [5.74, 6) is 1.90. The number of ether oxygens (including phenoxy) is 2. The van der Waals surface area contributed by atoms with Gasteiger partial charge in [-0.05, 0) is 18.4 Å². The van der Waals surface area contributed by atoms with Crippen LogP contribution in [0.5, 0.6) is 11.5 Å². The average molecular weight is 340 g/mol. The zero-order valence-corrected chi connectivity index (χ0v) is 14.4. The number of benzene rings is 1. The number of para-hydroxylation sites is 1. The first kappa shape index (κ1) is 16.5. The van der Waals surface area contributed by atoms with Crippen molar-refractivity contribution in [1.82, 2.24) is 9.62 Å². The first-order valence-corrected chi connectivity index (χ1v) is 9.86. The molecule has 0 spiro atoms. The van der Waals surface area contributed by atoms with E-state index in [1.54, 1.807) is 4.31 Å². The fourth-order valence-corrected chi connectivity index (χ4v) is 4.17. The number of rotatable bonds is 4. The minimum Gasteiger partial charge on any atom is -0.486 e. The average Bonchev–Trinajstić information content (AvgIpc) is 2.53. The molecule has 3 rings (SSSR count). The van der Waals surface area contributed by atoms with E-state index in [-0.39, 0.29) is 5.92 Å². The van der Waals surface area contributed by atoms with Gasteiger partial charge in [-0.3, -0.25) is 0 Å². The summed E-state index contributed by atoms with van der Waals surface area (Å²) in [5.41, 5.74) is 1.08. The molecule has 0 radical (unpaired) electrons. The summed E-state index contributed by atoms with van der Waals surface area (Å²) < 4.78 is 36.2. The van der Waals surface area contributed by atoms with Crippen LogP contribution in [-0.2, 0) is 16.6 Å². The highest BCUT2D eigenvalue weighted by Crippen LogP contribution is 2.33. The van der Waals surface area contributed by atoms with Crippen molar-refractivity contribution < 1.29 is 17.9 Å². The molecule has 7 heteroatoms. The summed E-state index contributed by atoms with van der Waals surface area (Å²) in [6, 6.07) is 6.23. The maximum atomic E-state index is 11.7. The lowest BCUT2D eigenvalue weighted by Gasteiger charge is -2.36. The van der Waals surface area contributed by atoms with Gasteiger partial charge >= 0.3 is 0 Å². The molecule has 2 aliphatic heterocycles. The topological polar surface area (TPSA) is 67.9 Å². The molecule has 0 aliphatic carbocycles. The fourth-order valence-electron chi connectivity index (χ4n) is 3.23. The number of nitrogens with one attached hydrogen (secondary N) is 1. The highest BCUT2D eigenvalue weighted by atomic mass is 32.2. The number of hydrogen-bond acceptors (Lipinski definition) is 5. The third kappa shape index (κ3) is 3.79. The van der Waals surface area contributed by atoms with Crippen molar-refractivity contribution in [3.8, 4) is 11.5 Å². The highest BCUT2D eigenvalue weighted by Gasteiger charge is 2.30. The van der Waals surface area contributed by atoms with E-state index in [9.17, 15) is 8.42 Å². The summed E-state index contributed by atoms with van der Waals surface area (Å²) >= 11 is 0. The third-order valence-electron chi connectivity index (χ3n) is 4.54. The molecule has 1 saturated heterocycles. The SMILES string of the molecule is C[C@H]1CN(S(C)(=O)=O)CC[C@H]1NCc1cccc2c1OCCO2. The van der Waals surface area contributed by atoms with Crippen LogP contribution in [0.2, 0.25) is 0 Å². The normalized spacial score (nSPS) is 25.3. The first-order valence-electron chi connectivity index (χ1n) is 8.01. The Kier molecular flexibility index (Phi) is 4.79. The molecule has 128 valence electrons. The summed E-state index contributed by atoms with van der Waals surface area (Å²) in [4.78, 5) is 0. The van der Waals surface area contributed by atoms with Crippen molar-refractivity contribution in [3.05, 3.63) is 23.8 Å². The Labute approximate surface area is 137 Å². The van der Waals surface area contributed by atoms with Gasteiger partial charge in [0.25, 0.3) is 0 Å². The second-order valence-corrected chi connectivity index (χ2v) is 8.30. The standard InChI is InChI=1S/C16H24N2O4S/c1-12-11-18(23(2,19)20)7-6-14(12)17-10-13-4-3-5-15-16(13)22-9-8-21-15/h3-5,12,14,17H,6-11H2,1-2H3/t12-,14+/m0/s1. The zero-order valence-electron chi connectivity index (χ0n) is 13.6. The molecular weight excluding hydrogens is 316 g/mol. The monoisotopic (exact) mass is 340 g/mol. The Morgan fingerprint density at radius 3 is 2.83 bits per heavy atom. The summed E-state index contributed by atoms with van der Waals surface area (Å²) in [7, 11) is -3.09. The molecule has 0 bridgehead atoms. The molecule has 0 aromatic heterocycles. The largest absolute Gasteiger partial charge is 0.486 e. The summed E-state index contributed by atoms with van der Waals surface area (Å²) in [5, 5.41) is 3.55. The van der Waals surface area contributed by atoms with E-state index in [1.165, 1.54) is 6.26 Å². The summed E-state index contributed by atoms with van der Waals surface area (Å²) in [6.45, 7) is 5.10. The number of nitrogens with zero attached hydrogens (tertiary/aromatic N) is 1. The molecule has 1 aromatic rings. The van der Waals surface area contributed by atoms with Crippen molar-refractivity contribution >= 4 is 10.0 Å². The number of fused-ring (bicyclic) bond motifs is 1. The Hall–Kier alpha value is -1.31. The molecular formula is C16H24N2O4S. The Morgan fingerprint density at radius 2 is 2.09 bits per heavy atom. The smallest absolute Gasteiger partial charge is 0.211 e. The fraction of sp³-hybridized carbons (Fsp3) is 0.625. The van der Waals surface area contributed by atoms with Crippen LogP contribution in [0.1, 0.15) is 18.9 Å². The lowest BCUT2D eigenvalue weighted by Crippen LogP contribution is -2.49. The van der Waals surface area contributed by atoms with E-state index in [0.29, 0.717) is 38.9 Å². The maximum Gasteiger partial charge on any atom is 0.211 e. The molecule has 6 nitrogen and oxygen atoms in total. The molecule has 1 aromatic carbocycles. The Balaban J connectivity index is 1.61. The first-order chi connectivity index (χ1) is 10.9. The van der Waals surface area contributed by atoms with Crippen LogP contribution in [0.25, 0.3) is 0 Å². The van der Waals surface area contributed by atoms with E-state index < -0.39 is 10.0 Å². The highest BCUT2D eigenvalue weighted by molar-refractivity contribution is 7.88. The van der Waals surface area contributed by atoms with Gasteiger partial charge in [-0.1, -0.05) is 19.1 Å². The van der Waals surface area contributed by atoms with Crippen molar-refractivity contribution in [2.24, 2.45) is 5.92 Å². The minimum absolute atomic E-state index is 0.273. The maximum absolute atomic E-state index is 11.7. The predicted molar refractivity (Wildman–Crippen MR) is 88.3 cm³/mol. The van der Waals surface area contributed by atoms with Crippen molar-refractivity contribution in [3.63, 3.8) is 0 Å². The van der Waals surface area contributed by atoms with Crippen LogP contribution < -0.4 is 14.8 Å². The molecule has 0 unspecified atom stereocenters. The lowest BCUT2D eigenvalue weighted by atomic mass is 9.95. The van der Waals surface area contributed by atoms with Gasteiger partial charge in [0.05, 0.1) is 6.26 Å². The van der Waals surface area contributed by atoms with Crippen LogP contribution >= 0.6 is 0 Å². The molecule has 0 amide bonds. The van der Waals surface area contributed by atoms with Gasteiger partial charge in [0, 0.05) is 31.2 Å². The van der Waals surface area contributed by atoms with Crippen LogP contribution in [0, 0.1) is 5.92 Å². The quantitative estimate of drug-likeness (QED) is 0.892. The number of sulfonamides is 1. The number of hydrogen-bond donors (Lipinski definition) is 1. The van der Waals surface area contributed by atoms with E-state index in [0.717, 1.165) is 23.5 Å². The molecule has 2 atom stereocenters. The van der Waals surface area contributed by atoms with Gasteiger partial charge in [-0.2, -0.15) is 0 Å². The van der Waals surface area contributed by atoms with E-state index >= 15 is 0 Å². The van der Waals surface area contributed by atoms with Crippen LogP contribution in [-0.4, -0.2) is 51.3 Å². The predicted octanol–water partition coefficient (Wildman–Crippen LogP) is 1.22. The minimum atomic E-state index is -3.09. The van der Waals surface area contributed by atoms with Gasteiger partial charge in [-0.25, -0.2) is 12.7 Å². The van der Waals surface area contributed by atoms with Gasteiger partial charge in [0.1, 0.15) is 13.2 Å². The second-order valence-electron chi connectivity index (χ2n) is 6.32. The van der Waals surface area contributed by atoms with Gasteiger partial charge in [0.15, 0.2) is 11.5 Å². The molecule has 2 aliphatic rings. The van der Waals surface area contributed by atoms with Crippen molar-refractivity contribution in [1.29, 1.82) is 0 Å². The Bertz CT molecular complexity index is 662. The van der Waals surface area contributed by atoms with Crippen molar-refractivity contribution in [2.75, 3.05) is 32.6 Å². The molecule has 23 heavy (non-hydrogen) atoms. The van der Waals surface area contributed by atoms with Gasteiger partial charge in [0.2, 0.25) is 10.0 Å². The van der Waals surface area contributed by atoms with E-state index in [2.05, 4.69) is 12.2 Å².